The number of aliphatic imine (C=N–C) groups is 1. The van der Waals surface area contributed by atoms with Gasteiger partial charge in [0.1, 0.15) is 0 Å². The fourth-order valence-electron chi connectivity index (χ4n) is 4.03. The van der Waals surface area contributed by atoms with E-state index in [1.807, 2.05) is 4.90 Å². The summed E-state index contributed by atoms with van der Waals surface area (Å²) in [4.78, 5) is 20.5. The van der Waals surface area contributed by atoms with Crippen molar-refractivity contribution in [3.05, 3.63) is 21.9 Å². The monoisotopic (exact) mass is 548 g/mol. The molecule has 1 amide bonds. The second kappa shape index (κ2) is 14.2. The summed E-state index contributed by atoms with van der Waals surface area (Å²) in [5.74, 6) is 0.977. The average Bonchev–Trinajstić information content (AvgIpc) is 3.05. The van der Waals surface area contributed by atoms with Crippen LogP contribution in [0.5, 0.6) is 0 Å². The van der Waals surface area contributed by atoms with Crippen LogP contribution in [0.1, 0.15) is 62.3 Å². The van der Waals surface area contributed by atoms with Crippen LogP contribution in [0.4, 0.5) is 0 Å². The zero-order chi connectivity index (χ0) is 20.3. The molecule has 2 N–H and O–H groups in total. The molecule has 0 aromatic carbocycles. The fraction of sp³-hybridized carbons (Fsp3) is 0.727. The quantitative estimate of drug-likeness (QED) is 0.170. The van der Waals surface area contributed by atoms with Crippen molar-refractivity contribution in [1.82, 2.24) is 15.5 Å². The number of halogens is 1. The van der Waals surface area contributed by atoms with Crippen LogP contribution in [0, 0.1) is 0 Å². The zero-order valence-electron chi connectivity index (χ0n) is 18.2. The van der Waals surface area contributed by atoms with Gasteiger partial charge in [0, 0.05) is 37.5 Å². The predicted molar refractivity (Wildman–Crippen MR) is 135 cm³/mol. The van der Waals surface area contributed by atoms with E-state index in [1.54, 1.807) is 11.3 Å². The first-order valence-electron chi connectivity index (χ1n) is 11.2. The minimum absolute atomic E-state index is 0. The van der Waals surface area contributed by atoms with E-state index in [4.69, 9.17) is 4.74 Å². The van der Waals surface area contributed by atoms with Crippen molar-refractivity contribution >= 4 is 47.2 Å². The van der Waals surface area contributed by atoms with Crippen LogP contribution in [0.2, 0.25) is 0 Å². The van der Waals surface area contributed by atoms with Crippen molar-refractivity contribution in [3.8, 4) is 0 Å². The highest BCUT2D eigenvalue weighted by Gasteiger charge is 2.21. The van der Waals surface area contributed by atoms with Gasteiger partial charge < -0.3 is 20.3 Å². The van der Waals surface area contributed by atoms with Crippen molar-refractivity contribution in [1.29, 1.82) is 0 Å². The van der Waals surface area contributed by atoms with Crippen molar-refractivity contribution in [3.63, 3.8) is 0 Å². The molecular formula is C22H37IN4O2S. The highest BCUT2D eigenvalue weighted by atomic mass is 127. The maximum atomic E-state index is 12.5. The Morgan fingerprint density at radius 2 is 2.07 bits per heavy atom. The van der Waals surface area contributed by atoms with Crippen LogP contribution in [0.25, 0.3) is 0 Å². The molecule has 1 aliphatic carbocycles. The lowest BCUT2D eigenvalue weighted by Crippen LogP contribution is -2.41. The number of nitrogens with one attached hydrogen (secondary N) is 2. The SMILES string of the molecule is CCNC(=NCCOC1CCCCCC1)NCCC(=O)N1CCc2sccc2C1.I. The first kappa shape index (κ1) is 25.4. The summed E-state index contributed by atoms with van der Waals surface area (Å²) in [7, 11) is 0. The molecule has 2 aliphatic rings. The van der Waals surface area contributed by atoms with Crippen molar-refractivity contribution < 1.29 is 9.53 Å². The van der Waals surface area contributed by atoms with Gasteiger partial charge in [0.2, 0.25) is 5.91 Å². The summed E-state index contributed by atoms with van der Waals surface area (Å²) in [6, 6.07) is 2.14. The Kier molecular flexibility index (Phi) is 12.1. The molecule has 6 nitrogen and oxygen atoms in total. The number of amides is 1. The number of hydrogen-bond acceptors (Lipinski definition) is 4. The van der Waals surface area contributed by atoms with Crippen LogP contribution in [0.15, 0.2) is 16.4 Å². The lowest BCUT2D eigenvalue weighted by Gasteiger charge is -2.27. The highest BCUT2D eigenvalue weighted by molar-refractivity contribution is 14.0. The summed E-state index contributed by atoms with van der Waals surface area (Å²) in [5.41, 5.74) is 1.31. The smallest absolute Gasteiger partial charge is 0.224 e. The molecule has 1 aromatic rings. The van der Waals surface area contributed by atoms with E-state index in [0.29, 0.717) is 32.2 Å². The Hall–Kier alpha value is -0.870. The fourth-order valence-corrected chi connectivity index (χ4v) is 4.92. The molecule has 1 aliphatic heterocycles. The number of rotatable bonds is 8. The Bertz CT molecular complexity index is 659. The molecule has 0 atom stereocenters. The minimum atomic E-state index is 0. The first-order chi connectivity index (χ1) is 14.3. The normalized spacial score (nSPS) is 17.6. The number of nitrogens with zero attached hydrogens (tertiary/aromatic N) is 2. The Balaban J connectivity index is 0.00000320. The Labute approximate surface area is 202 Å². The van der Waals surface area contributed by atoms with E-state index in [2.05, 4.69) is 34.0 Å². The van der Waals surface area contributed by atoms with Gasteiger partial charge in [-0.05, 0) is 43.2 Å². The van der Waals surface area contributed by atoms with Crippen LogP contribution in [-0.4, -0.2) is 55.7 Å². The predicted octanol–water partition coefficient (Wildman–Crippen LogP) is 3.94. The highest BCUT2D eigenvalue weighted by Crippen LogP contribution is 2.24. The molecule has 2 heterocycles. The van der Waals surface area contributed by atoms with Gasteiger partial charge in [-0.15, -0.1) is 35.3 Å². The van der Waals surface area contributed by atoms with E-state index in [9.17, 15) is 4.79 Å². The Morgan fingerprint density at radius 3 is 2.83 bits per heavy atom. The third kappa shape index (κ3) is 8.34. The number of guanidine groups is 1. The van der Waals surface area contributed by atoms with Gasteiger partial charge in [-0.2, -0.15) is 0 Å². The van der Waals surface area contributed by atoms with E-state index < -0.39 is 0 Å². The van der Waals surface area contributed by atoms with Crippen LogP contribution in [0.3, 0.4) is 0 Å². The topological polar surface area (TPSA) is 66.0 Å². The molecule has 0 radical (unpaired) electrons. The van der Waals surface area contributed by atoms with E-state index in [0.717, 1.165) is 32.0 Å². The summed E-state index contributed by atoms with van der Waals surface area (Å²) in [6.45, 7) is 6.35. The van der Waals surface area contributed by atoms with Gasteiger partial charge in [-0.3, -0.25) is 9.79 Å². The molecule has 0 bridgehead atoms. The van der Waals surface area contributed by atoms with Gasteiger partial charge in [-0.25, -0.2) is 0 Å². The first-order valence-corrected chi connectivity index (χ1v) is 12.1. The zero-order valence-corrected chi connectivity index (χ0v) is 21.3. The lowest BCUT2D eigenvalue weighted by atomic mass is 10.1. The van der Waals surface area contributed by atoms with Crippen molar-refractivity contribution in [2.24, 2.45) is 4.99 Å². The number of hydrogen-bond donors (Lipinski definition) is 2. The molecular weight excluding hydrogens is 511 g/mol. The van der Waals surface area contributed by atoms with Gasteiger partial charge in [0.05, 0.1) is 19.3 Å². The molecule has 3 rings (SSSR count). The second-order valence-corrected chi connectivity index (χ2v) is 8.86. The average molecular weight is 549 g/mol. The number of thiophene rings is 1. The minimum Gasteiger partial charge on any atom is -0.376 e. The molecule has 8 heteroatoms. The Morgan fingerprint density at radius 1 is 1.27 bits per heavy atom. The molecule has 1 aromatic heterocycles. The van der Waals surface area contributed by atoms with Crippen molar-refractivity contribution in [2.45, 2.75) is 70.9 Å². The number of carbonyl (C=O) groups excluding carboxylic acids is 1. The molecule has 0 unspecified atom stereocenters. The molecule has 1 saturated carbocycles. The third-order valence-electron chi connectivity index (χ3n) is 5.65. The maximum absolute atomic E-state index is 12.5. The summed E-state index contributed by atoms with van der Waals surface area (Å²) >= 11 is 1.80. The molecule has 1 fully saturated rings. The van der Waals surface area contributed by atoms with E-state index >= 15 is 0 Å². The standard InChI is InChI=1S/C22H36N4O2S.HI/c1-2-23-22(25-13-15-28-19-7-5-3-4-6-8-19)24-12-9-21(27)26-14-10-20-18(17-26)11-16-29-20;/h11,16,19H,2-10,12-15,17H2,1H3,(H2,23,24,25);1H. The number of carbonyl (C=O) groups is 1. The van der Waals surface area contributed by atoms with Gasteiger partial charge in [0.15, 0.2) is 5.96 Å². The largest absolute Gasteiger partial charge is 0.376 e. The lowest BCUT2D eigenvalue weighted by molar-refractivity contribution is -0.131. The van der Waals surface area contributed by atoms with E-state index in [1.165, 1.54) is 49.0 Å². The maximum Gasteiger partial charge on any atom is 0.224 e. The van der Waals surface area contributed by atoms with Crippen LogP contribution in [-0.2, 0) is 22.5 Å². The second-order valence-electron chi connectivity index (χ2n) is 7.86. The molecule has 0 spiro atoms. The van der Waals surface area contributed by atoms with Gasteiger partial charge >= 0.3 is 0 Å². The third-order valence-corrected chi connectivity index (χ3v) is 6.68. The van der Waals surface area contributed by atoms with E-state index in [-0.39, 0.29) is 29.9 Å². The van der Waals surface area contributed by atoms with Crippen LogP contribution < -0.4 is 10.6 Å². The van der Waals surface area contributed by atoms with Crippen molar-refractivity contribution in [2.75, 3.05) is 32.8 Å². The summed E-state index contributed by atoms with van der Waals surface area (Å²) in [6.07, 6.45) is 9.53. The molecule has 0 saturated heterocycles. The number of ether oxygens (including phenoxy) is 1. The summed E-state index contributed by atoms with van der Waals surface area (Å²) < 4.78 is 6.01. The van der Waals surface area contributed by atoms with Crippen LogP contribution >= 0.6 is 35.3 Å². The van der Waals surface area contributed by atoms with Gasteiger partial charge in [-0.1, -0.05) is 25.7 Å². The number of fused-ring (bicyclic) bond motifs is 1. The van der Waals surface area contributed by atoms with Gasteiger partial charge in [0.25, 0.3) is 0 Å². The summed E-state index contributed by atoms with van der Waals surface area (Å²) in [5, 5.41) is 8.67. The molecule has 170 valence electrons. The molecule has 30 heavy (non-hydrogen) atoms.